The summed E-state index contributed by atoms with van der Waals surface area (Å²) in [5.41, 5.74) is 1.48. The molecule has 1 rings (SSSR count). The third-order valence-corrected chi connectivity index (χ3v) is 1.77. The van der Waals surface area contributed by atoms with Gasteiger partial charge in [-0.15, -0.1) is 0 Å². The average Bonchev–Trinajstić information content (AvgIpc) is 2.26. The number of benzene rings is 1. The highest BCUT2D eigenvalue weighted by molar-refractivity contribution is 5.97. The zero-order valence-corrected chi connectivity index (χ0v) is 7.87. The lowest BCUT2D eigenvalue weighted by Crippen LogP contribution is -2.19. The van der Waals surface area contributed by atoms with Crippen LogP contribution in [0.15, 0.2) is 18.2 Å². The number of halogens is 1. The molecule has 6 heteroatoms. The van der Waals surface area contributed by atoms with Gasteiger partial charge in [-0.3, -0.25) is 16.1 Å². The van der Waals surface area contributed by atoms with Gasteiger partial charge in [-0.1, -0.05) is 6.07 Å². The molecule has 5 nitrogen and oxygen atoms in total. The van der Waals surface area contributed by atoms with E-state index in [1.807, 2.05) is 0 Å². The molecule has 0 saturated carbocycles. The van der Waals surface area contributed by atoms with E-state index in [1.54, 1.807) is 5.48 Å². The normalized spacial score (nSPS) is 9.53. The first kappa shape index (κ1) is 11.1. The van der Waals surface area contributed by atoms with Gasteiger partial charge in [0.2, 0.25) is 0 Å². The van der Waals surface area contributed by atoms with Crippen molar-refractivity contribution in [2.75, 3.05) is 7.11 Å². The SMILES string of the molecule is COC(=O)c1ccc(C(=N)NO)cc1F. The van der Waals surface area contributed by atoms with Crippen molar-refractivity contribution in [3.8, 4) is 0 Å². The number of rotatable bonds is 2. The first-order valence-electron chi connectivity index (χ1n) is 3.97. The van der Waals surface area contributed by atoms with Crippen LogP contribution in [0, 0.1) is 11.2 Å². The standard InChI is InChI=1S/C9H9FN2O3/c1-15-9(13)6-3-2-5(4-7(6)10)8(11)12-14/h2-4,14H,1H3,(H2,11,12). The van der Waals surface area contributed by atoms with Crippen molar-refractivity contribution in [3.05, 3.63) is 35.1 Å². The predicted octanol–water partition coefficient (Wildman–Crippen LogP) is 0.916. The van der Waals surface area contributed by atoms with Crippen LogP contribution in [0.1, 0.15) is 15.9 Å². The Kier molecular flexibility index (Phi) is 3.35. The fourth-order valence-electron chi connectivity index (χ4n) is 1.01. The summed E-state index contributed by atoms with van der Waals surface area (Å²) in [5, 5.41) is 15.6. The smallest absolute Gasteiger partial charge is 0.340 e. The zero-order chi connectivity index (χ0) is 11.4. The minimum atomic E-state index is -0.806. The largest absolute Gasteiger partial charge is 0.465 e. The zero-order valence-electron chi connectivity index (χ0n) is 7.87. The summed E-state index contributed by atoms with van der Waals surface area (Å²) >= 11 is 0. The third kappa shape index (κ3) is 2.29. The number of nitrogens with one attached hydrogen (secondary N) is 2. The van der Waals surface area contributed by atoms with Crippen LogP contribution in [0.2, 0.25) is 0 Å². The van der Waals surface area contributed by atoms with Crippen LogP contribution in [-0.4, -0.2) is 24.1 Å². The molecule has 0 aromatic heterocycles. The van der Waals surface area contributed by atoms with Crippen LogP contribution in [0.4, 0.5) is 4.39 Å². The second kappa shape index (κ2) is 4.52. The van der Waals surface area contributed by atoms with Crippen LogP contribution in [0.25, 0.3) is 0 Å². The number of carbonyl (C=O) groups is 1. The predicted molar refractivity (Wildman–Crippen MR) is 49.5 cm³/mol. The number of hydrogen-bond donors (Lipinski definition) is 3. The summed E-state index contributed by atoms with van der Waals surface area (Å²) in [6, 6.07) is 3.46. The maximum atomic E-state index is 13.3. The second-order valence-corrected chi connectivity index (χ2v) is 2.67. The molecule has 0 saturated heterocycles. The van der Waals surface area contributed by atoms with E-state index in [9.17, 15) is 9.18 Å². The molecule has 0 aliphatic carbocycles. The molecule has 0 radical (unpaired) electrons. The summed E-state index contributed by atoms with van der Waals surface area (Å²) in [6.07, 6.45) is 0. The van der Waals surface area contributed by atoms with Gasteiger partial charge in [0.05, 0.1) is 12.7 Å². The van der Waals surface area contributed by atoms with Crippen LogP contribution < -0.4 is 5.48 Å². The summed E-state index contributed by atoms with van der Waals surface area (Å²) in [5.74, 6) is -1.95. The van der Waals surface area contributed by atoms with Crippen molar-refractivity contribution in [3.63, 3.8) is 0 Å². The topological polar surface area (TPSA) is 82.4 Å². The summed E-state index contributed by atoms with van der Waals surface area (Å²) in [4.78, 5) is 11.0. The minimum Gasteiger partial charge on any atom is -0.465 e. The van der Waals surface area contributed by atoms with E-state index in [1.165, 1.54) is 12.1 Å². The van der Waals surface area contributed by atoms with Crippen molar-refractivity contribution in [2.24, 2.45) is 0 Å². The molecule has 1 aromatic rings. The maximum Gasteiger partial charge on any atom is 0.340 e. The van der Waals surface area contributed by atoms with Gasteiger partial charge in [0.1, 0.15) is 11.7 Å². The lowest BCUT2D eigenvalue weighted by molar-refractivity contribution is 0.0595. The van der Waals surface area contributed by atoms with Crippen LogP contribution >= 0.6 is 0 Å². The Morgan fingerprint density at radius 3 is 2.73 bits per heavy atom. The molecule has 0 spiro atoms. The van der Waals surface area contributed by atoms with Gasteiger partial charge in [-0.05, 0) is 12.1 Å². The molecular weight excluding hydrogens is 203 g/mol. The van der Waals surface area contributed by atoms with E-state index >= 15 is 0 Å². The lowest BCUT2D eigenvalue weighted by Gasteiger charge is -2.04. The molecular formula is C9H9FN2O3. The Morgan fingerprint density at radius 2 is 2.27 bits per heavy atom. The van der Waals surface area contributed by atoms with Crippen molar-refractivity contribution in [2.45, 2.75) is 0 Å². The average molecular weight is 212 g/mol. The fraction of sp³-hybridized carbons (Fsp3) is 0.111. The Labute approximate surface area is 85.0 Å². The highest BCUT2D eigenvalue weighted by atomic mass is 19.1. The van der Waals surface area contributed by atoms with Gasteiger partial charge in [-0.25, -0.2) is 9.18 Å². The quantitative estimate of drug-likeness (QED) is 0.294. The number of methoxy groups -OCH3 is 1. The number of esters is 1. The van der Waals surface area contributed by atoms with E-state index < -0.39 is 11.8 Å². The summed E-state index contributed by atoms with van der Waals surface area (Å²) in [7, 11) is 1.15. The van der Waals surface area contributed by atoms with E-state index in [0.717, 1.165) is 13.2 Å². The molecule has 1 aromatic carbocycles. The second-order valence-electron chi connectivity index (χ2n) is 2.67. The van der Waals surface area contributed by atoms with Gasteiger partial charge in [0.15, 0.2) is 0 Å². The molecule has 0 heterocycles. The number of amidine groups is 1. The van der Waals surface area contributed by atoms with Crippen molar-refractivity contribution in [1.29, 1.82) is 5.41 Å². The minimum absolute atomic E-state index is 0.127. The fourth-order valence-corrected chi connectivity index (χ4v) is 1.01. The number of hydrogen-bond acceptors (Lipinski definition) is 4. The summed E-state index contributed by atoms with van der Waals surface area (Å²) < 4.78 is 17.6. The molecule has 0 aliphatic rings. The highest BCUT2D eigenvalue weighted by Crippen LogP contribution is 2.11. The maximum absolute atomic E-state index is 13.3. The van der Waals surface area contributed by atoms with Crippen LogP contribution in [-0.2, 0) is 4.74 Å². The Balaban J connectivity index is 3.08. The monoisotopic (exact) mass is 212 g/mol. The molecule has 80 valence electrons. The number of hydroxylamine groups is 1. The van der Waals surface area contributed by atoms with E-state index in [4.69, 9.17) is 10.6 Å². The highest BCUT2D eigenvalue weighted by Gasteiger charge is 2.13. The van der Waals surface area contributed by atoms with Crippen molar-refractivity contribution >= 4 is 11.8 Å². The molecule has 0 unspecified atom stereocenters. The first-order valence-corrected chi connectivity index (χ1v) is 3.97. The Hall–Kier alpha value is -1.95. The Morgan fingerprint density at radius 1 is 1.60 bits per heavy atom. The van der Waals surface area contributed by atoms with Crippen LogP contribution in [0.3, 0.4) is 0 Å². The molecule has 15 heavy (non-hydrogen) atoms. The molecule has 0 bridgehead atoms. The first-order chi connectivity index (χ1) is 7.10. The van der Waals surface area contributed by atoms with E-state index in [0.29, 0.717) is 0 Å². The number of ether oxygens (including phenoxy) is 1. The van der Waals surface area contributed by atoms with Crippen LogP contribution in [0.5, 0.6) is 0 Å². The third-order valence-electron chi connectivity index (χ3n) is 1.77. The molecule has 0 atom stereocenters. The summed E-state index contributed by atoms with van der Waals surface area (Å²) in [6.45, 7) is 0. The van der Waals surface area contributed by atoms with Gasteiger partial charge in [-0.2, -0.15) is 0 Å². The molecule has 0 amide bonds. The van der Waals surface area contributed by atoms with E-state index in [2.05, 4.69) is 4.74 Å². The van der Waals surface area contributed by atoms with Gasteiger partial charge in [0, 0.05) is 5.56 Å². The number of carbonyl (C=O) groups excluding carboxylic acids is 1. The lowest BCUT2D eigenvalue weighted by atomic mass is 10.1. The molecule has 0 fully saturated rings. The van der Waals surface area contributed by atoms with E-state index in [-0.39, 0.29) is 17.0 Å². The molecule has 3 N–H and O–H groups in total. The molecule has 0 aliphatic heterocycles. The van der Waals surface area contributed by atoms with Gasteiger partial charge in [0.25, 0.3) is 0 Å². The van der Waals surface area contributed by atoms with Crippen molar-refractivity contribution < 1.29 is 19.1 Å². The van der Waals surface area contributed by atoms with Gasteiger partial charge < -0.3 is 4.74 Å². The van der Waals surface area contributed by atoms with Gasteiger partial charge >= 0.3 is 5.97 Å². The Bertz CT molecular complexity index is 406. The van der Waals surface area contributed by atoms with Crippen molar-refractivity contribution in [1.82, 2.24) is 5.48 Å².